The number of hydrogen-bond donors (Lipinski definition) is 2. The van der Waals surface area contributed by atoms with E-state index in [1.54, 1.807) is 4.90 Å². The van der Waals surface area contributed by atoms with Crippen molar-refractivity contribution in [3.05, 3.63) is 0 Å². The maximum Gasteiger partial charge on any atom is 0.237 e. The molecule has 4 nitrogen and oxygen atoms in total. The van der Waals surface area contributed by atoms with Gasteiger partial charge in [-0.05, 0) is 12.8 Å². The number of nitrogens with one attached hydrogen (secondary N) is 2. The molecule has 0 bridgehead atoms. The molecule has 1 amide bonds. The highest BCUT2D eigenvalue weighted by atomic mass is 16.2. The molecular weight excluding hydrogens is 202 g/mol. The topological polar surface area (TPSA) is 36.8 Å². The van der Waals surface area contributed by atoms with Crippen LogP contribution in [0.15, 0.2) is 0 Å². The van der Waals surface area contributed by atoms with Gasteiger partial charge in [-0.1, -0.05) is 19.3 Å². The van der Waals surface area contributed by atoms with E-state index in [1.807, 2.05) is 0 Å². The lowest BCUT2D eigenvalue weighted by atomic mass is 9.89. The van der Waals surface area contributed by atoms with E-state index in [9.17, 15) is 4.79 Å². The van der Waals surface area contributed by atoms with Gasteiger partial charge in [-0.3, -0.25) is 10.2 Å². The zero-order chi connectivity index (χ0) is 11.4. The fourth-order valence-corrected chi connectivity index (χ4v) is 2.61. The number of nitrogens with zero attached hydrogens (tertiary/aromatic N) is 1. The first-order chi connectivity index (χ1) is 7.75. The predicted molar refractivity (Wildman–Crippen MR) is 62.9 cm³/mol. The molecule has 0 aromatic rings. The molecule has 0 aromatic carbocycles. The molecule has 1 saturated heterocycles. The van der Waals surface area contributed by atoms with Crippen molar-refractivity contribution < 1.29 is 9.69 Å². The molecule has 0 aromatic heterocycles. The Bertz CT molecular complexity index is 230. The van der Waals surface area contributed by atoms with Crippen LogP contribution in [-0.2, 0) is 4.79 Å². The number of amides is 1. The molecule has 2 N–H and O–H groups in total. The first kappa shape index (κ1) is 11.9. The molecule has 2 aliphatic rings. The number of quaternary nitrogens is 1. The average Bonchev–Trinajstić information content (AvgIpc) is 2.33. The minimum atomic E-state index is 0.263. The summed E-state index contributed by atoms with van der Waals surface area (Å²) >= 11 is 0. The monoisotopic (exact) mass is 226 g/mol. The molecule has 0 radical (unpaired) electrons. The summed E-state index contributed by atoms with van der Waals surface area (Å²) in [6.45, 7) is 4.24. The quantitative estimate of drug-likeness (QED) is 0.661. The van der Waals surface area contributed by atoms with Crippen molar-refractivity contribution in [1.82, 2.24) is 10.4 Å². The number of rotatable bonds is 2. The van der Waals surface area contributed by atoms with Crippen molar-refractivity contribution >= 4 is 5.91 Å². The van der Waals surface area contributed by atoms with Gasteiger partial charge >= 0.3 is 0 Å². The van der Waals surface area contributed by atoms with Gasteiger partial charge in [0.2, 0.25) is 5.91 Å². The van der Waals surface area contributed by atoms with Crippen molar-refractivity contribution in [3.8, 4) is 0 Å². The first-order valence-corrected chi connectivity index (χ1v) is 6.62. The van der Waals surface area contributed by atoms with Crippen LogP contribution in [0.4, 0.5) is 0 Å². The van der Waals surface area contributed by atoms with Crippen molar-refractivity contribution in [1.29, 1.82) is 0 Å². The van der Waals surface area contributed by atoms with Gasteiger partial charge in [0.25, 0.3) is 0 Å². The lowest BCUT2D eigenvalue weighted by Gasteiger charge is -2.32. The normalized spacial score (nSPS) is 25.6. The second kappa shape index (κ2) is 5.64. The van der Waals surface area contributed by atoms with E-state index in [1.165, 1.54) is 19.3 Å². The van der Waals surface area contributed by atoms with E-state index in [-0.39, 0.29) is 11.8 Å². The average molecular weight is 226 g/mol. The molecule has 0 unspecified atom stereocenters. The number of hydrogen-bond acceptors (Lipinski definition) is 2. The molecular formula is C12H24N3O+. The Kier molecular flexibility index (Phi) is 4.18. The number of carbonyl (C=O) groups is 1. The Balaban J connectivity index is 1.73. The summed E-state index contributed by atoms with van der Waals surface area (Å²) in [5, 5.41) is 2.10. The number of hydrazine groups is 1. The van der Waals surface area contributed by atoms with Gasteiger partial charge in [0.05, 0.1) is 33.2 Å². The fraction of sp³-hybridized carbons (Fsp3) is 0.917. The summed E-state index contributed by atoms with van der Waals surface area (Å²) < 4.78 is 0. The van der Waals surface area contributed by atoms with Crippen LogP contribution in [0.5, 0.6) is 0 Å². The van der Waals surface area contributed by atoms with Crippen molar-refractivity contribution in [2.75, 3.05) is 33.2 Å². The third-order valence-electron chi connectivity index (χ3n) is 3.86. The van der Waals surface area contributed by atoms with E-state index >= 15 is 0 Å². The van der Waals surface area contributed by atoms with Crippen LogP contribution < -0.4 is 10.3 Å². The van der Waals surface area contributed by atoms with Gasteiger partial charge in [0, 0.05) is 5.92 Å². The number of piperazine rings is 1. The highest BCUT2D eigenvalue weighted by molar-refractivity contribution is 5.78. The lowest BCUT2D eigenvalue weighted by Crippen LogP contribution is -3.12. The van der Waals surface area contributed by atoms with Gasteiger partial charge in [-0.15, -0.1) is 0 Å². The van der Waals surface area contributed by atoms with Crippen LogP contribution in [-0.4, -0.2) is 44.1 Å². The predicted octanol–water partition coefficient (Wildman–Crippen LogP) is -0.572. The smallest absolute Gasteiger partial charge is 0.237 e. The van der Waals surface area contributed by atoms with E-state index < -0.39 is 0 Å². The van der Waals surface area contributed by atoms with Gasteiger partial charge in [-0.25, -0.2) is 5.01 Å². The minimum absolute atomic E-state index is 0.263. The molecule has 2 rings (SSSR count). The van der Waals surface area contributed by atoms with Gasteiger partial charge in [0.15, 0.2) is 0 Å². The Morgan fingerprint density at radius 2 is 1.81 bits per heavy atom. The molecule has 0 spiro atoms. The maximum atomic E-state index is 12.0. The Labute approximate surface area is 97.9 Å². The zero-order valence-corrected chi connectivity index (χ0v) is 10.3. The van der Waals surface area contributed by atoms with Gasteiger partial charge in [-0.2, -0.15) is 0 Å². The molecule has 1 aliphatic carbocycles. The number of likely N-dealkylation sites (N-methyl/N-ethyl adjacent to an activating group) is 1. The molecule has 1 heterocycles. The molecule has 92 valence electrons. The van der Waals surface area contributed by atoms with Gasteiger partial charge in [0.1, 0.15) is 0 Å². The van der Waals surface area contributed by atoms with Crippen LogP contribution in [0.2, 0.25) is 0 Å². The van der Waals surface area contributed by atoms with E-state index in [2.05, 4.69) is 17.5 Å². The van der Waals surface area contributed by atoms with Crippen LogP contribution in [0.3, 0.4) is 0 Å². The molecule has 16 heavy (non-hydrogen) atoms. The van der Waals surface area contributed by atoms with Crippen molar-refractivity contribution in [2.45, 2.75) is 32.1 Å². The van der Waals surface area contributed by atoms with Crippen LogP contribution in [0, 0.1) is 5.92 Å². The second-order valence-corrected chi connectivity index (χ2v) is 5.26. The first-order valence-electron chi connectivity index (χ1n) is 6.62. The summed E-state index contributed by atoms with van der Waals surface area (Å²) in [5.74, 6) is 0.542. The number of carbonyl (C=O) groups excluding carboxylic acids is 1. The Hall–Kier alpha value is -0.610. The van der Waals surface area contributed by atoms with Crippen molar-refractivity contribution in [2.24, 2.45) is 5.92 Å². The van der Waals surface area contributed by atoms with Crippen molar-refractivity contribution in [3.63, 3.8) is 0 Å². The summed E-state index contributed by atoms with van der Waals surface area (Å²) in [7, 11) is 2.21. The summed E-state index contributed by atoms with van der Waals surface area (Å²) in [6, 6.07) is 0. The third-order valence-corrected chi connectivity index (χ3v) is 3.86. The van der Waals surface area contributed by atoms with Crippen LogP contribution in [0.1, 0.15) is 32.1 Å². The largest absolute Gasteiger partial charge is 0.335 e. The highest BCUT2D eigenvalue weighted by Gasteiger charge is 2.24. The summed E-state index contributed by atoms with van der Waals surface area (Å²) in [5.41, 5.74) is 3.09. The second-order valence-electron chi connectivity index (χ2n) is 5.26. The molecule has 1 saturated carbocycles. The maximum absolute atomic E-state index is 12.0. The van der Waals surface area contributed by atoms with Crippen LogP contribution in [0.25, 0.3) is 0 Å². The summed E-state index contributed by atoms with van der Waals surface area (Å²) in [6.07, 6.45) is 5.94. The molecule has 4 heteroatoms. The lowest BCUT2D eigenvalue weighted by molar-refractivity contribution is -0.884. The standard InChI is InChI=1S/C12H23N3O/c1-14-7-9-15(10-8-14)13-12(16)11-5-3-2-4-6-11/h11H,2-10H2,1H3,(H,13,16)/p+1. The molecule has 0 atom stereocenters. The minimum Gasteiger partial charge on any atom is -0.335 e. The SMILES string of the molecule is C[NH+]1CCN(NC(=O)C2CCCCC2)CC1. The Morgan fingerprint density at radius 1 is 1.19 bits per heavy atom. The van der Waals surface area contributed by atoms with E-state index in [4.69, 9.17) is 0 Å². The van der Waals surface area contributed by atoms with Gasteiger partial charge < -0.3 is 4.90 Å². The molecule has 1 aliphatic heterocycles. The summed E-state index contributed by atoms with van der Waals surface area (Å²) in [4.78, 5) is 13.5. The molecule has 2 fully saturated rings. The van der Waals surface area contributed by atoms with Crippen LogP contribution >= 0.6 is 0 Å². The Morgan fingerprint density at radius 3 is 2.44 bits per heavy atom. The van der Waals surface area contributed by atoms with E-state index in [0.717, 1.165) is 39.0 Å². The third kappa shape index (κ3) is 3.19. The van der Waals surface area contributed by atoms with E-state index in [0.29, 0.717) is 0 Å². The zero-order valence-electron chi connectivity index (χ0n) is 10.3. The fourth-order valence-electron chi connectivity index (χ4n) is 2.61. The highest BCUT2D eigenvalue weighted by Crippen LogP contribution is 2.23.